The van der Waals surface area contributed by atoms with Crippen LogP contribution in [0, 0.1) is 10.1 Å². The lowest BCUT2D eigenvalue weighted by molar-refractivity contribution is -0.384. The van der Waals surface area contributed by atoms with E-state index in [-0.39, 0.29) is 22.6 Å². The Kier molecular flexibility index (Phi) is 4.92. The van der Waals surface area contributed by atoms with E-state index in [4.69, 9.17) is 4.74 Å². The molecular formula is C15H18N2O4. The highest BCUT2D eigenvalue weighted by atomic mass is 16.6. The number of nitro groups is 1. The van der Waals surface area contributed by atoms with Gasteiger partial charge in [-0.05, 0) is 25.8 Å². The molecule has 1 aromatic rings. The highest BCUT2D eigenvalue weighted by molar-refractivity contribution is 5.82. The summed E-state index contributed by atoms with van der Waals surface area (Å²) in [6.45, 7) is 2.82. The number of rotatable bonds is 5. The summed E-state index contributed by atoms with van der Waals surface area (Å²) in [7, 11) is 0. The Morgan fingerprint density at radius 3 is 3.00 bits per heavy atom. The average Bonchev–Trinajstić information content (AvgIpc) is 2.93. The van der Waals surface area contributed by atoms with Crippen molar-refractivity contribution in [3.63, 3.8) is 0 Å². The summed E-state index contributed by atoms with van der Waals surface area (Å²) >= 11 is 0. The zero-order valence-corrected chi connectivity index (χ0v) is 11.9. The number of carbonyl (C=O) groups excluding carboxylic acids is 1. The first kappa shape index (κ1) is 15.0. The molecular weight excluding hydrogens is 272 g/mol. The lowest BCUT2D eigenvalue weighted by Gasteiger charge is -2.24. The molecule has 1 fully saturated rings. The SMILES string of the molecule is CCOC(=O)/C=C/[C@@H]1CCCN1c1ccccc1[N+](=O)[O-]. The summed E-state index contributed by atoms with van der Waals surface area (Å²) in [5.74, 6) is -0.382. The average molecular weight is 290 g/mol. The first-order chi connectivity index (χ1) is 10.1. The van der Waals surface area contributed by atoms with Crippen molar-refractivity contribution in [2.24, 2.45) is 0 Å². The second kappa shape index (κ2) is 6.88. The zero-order chi connectivity index (χ0) is 15.2. The van der Waals surface area contributed by atoms with Crippen molar-refractivity contribution in [1.29, 1.82) is 0 Å². The Hall–Kier alpha value is -2.37. The number of para-hydroxylation sites is 2. The van der Waals surface area contributed by atoms with Crippen LogP contribution in [-0.4, -0.2) is 30.1 Å². The Bertz CT molecular complexity index is 556. The van der Waals surface area contributed by atoms with E-state index in [2.05, 4.69) is 0 Å². The molecule has 6 nitrogen and oxygen atoms in total. The third kappa shape index (κ3) is 3.59. The van der Waals surface area contributed by atoms with E-state index in [1.807, 2.05) is 4.90 Å². The van der Waals surface area contributed by atoms with Gasteiger partial charge < -0.3 is 9.64 Å². The summed E-state index contributed by atoms with van der Waals surface area (Å²) in [5.41, 5.74) is 0.687. The van der Waals surface area contributed by atoms with Crippen molar-refractivity contribution >= 4 is 17.3 Å². The van der Waals surface area contributed by atoms with Crippen molar-refractivity contribution in [1.82, 2.24) is 0 Å². The molecule has 0 aliphatic carbocycles. The second-order valence-corrected chi connectivity index (χ2v) is 4.76. The van der Waals surface area contributed by atoms with Crippen molar-refractivity contribution in [3.8, 4) is 0 Å². The molecule has 6 heteroatoms. The number of nitro benzene ring substituents is 1. The number of esters is 1. The maximum Gasteiger partial charge on any atom is 0.330 e. The van der Waals surface area contributed by atoms with Crippen molar-refractivity contribution in [2.45, 2.75) is 25.8 Å². The highest BCUT2D eigenvalue weighted by Crippen LogP contribution is 2.33. The molecule has 0 unspecified atom stereocenters. The summed E-state index contributed by atoms with van der Waals surface area (Å²) in [6.07, 6.45) is 4.97. The van der Waals surface area contributed by atoms with Gasteiger partial charge in [-0.2, -0.15) is 0 Å². The second-order valence-electron chi connectivity index (χ2n) is 4.76. The maximum absolute atomic E-state index is 11.4. The van der Waals surface area contributed by atoms with Crippen LogP contribution in [0.3, 0.4) is 0 Å². The fourth-order valence-corrected chi connectivity index (χ4v) is 2.53. The Labute approximate surface area is 123 Å². The van der Waals surface area contributed by atoms with Gasteiger partial charge in [-0.3, -0.25) is 10.1 Å². The number of hydrogen-bond donors (Lipinski definition) is 0. The van der Waals surface area contributed by atoms with E-state index < -0.39 is 0 Å². The predicted molar refractivity (Wildman–Crippen MR) is 79.2 cm³/mol. The van der Waals surface area contributed by atoms with E-state index in [9.17, 15) is 14.9 Å². The molecule has 0 radical (unpaired) electrons. The monoisotopic (exact) mass is 290 g/mol. The maximum atomic E-state index is 11.4. The van der Waals surface area contributed by atoms with Gasteiger partial charge in [0.05, 0.1) is 11.5 Å². The van der Waals surface area contributed by atoms with Crippen molar-refractivity contribution < 1.29 is 14.5 Å². The lowest BCUT2D eigenvalue weighted by atomic mass is 10.2. The molecule has 21 heavy (non-hydrogen) atoms. The smallest absolute Gasteiger partial charge is 0.330 e. The van der Waals surface area contributed by atoms with Crippen molar-refractivity contribution in [3.05, 3.63) is 46.5 Å². The van der Waals surface area contributed by atoms with E-state index in [1.54, 1.807) is 31.2 Å². The van der Waals surface area contributed by atoms with Crippen molar-refractivity contribution in [2.75, 3.05) is 18.1 Å². The van der Waals surface area contributed by atoms with Crippen LogP contribution in [0.5, 0.6) is 0 Å². The molecule has 1 aliphatic heterocycles. The lowest BCUT2D eigenvalue weighted by Crippen LogP contribution is -2.28. The number of hydrogen-bond acceptors (Lipinski definition) is 5. The van der Waals surface area contributed by atoms with Gasteiger partial charge in [0.1, 0.15) is 5.69 Å². The van der Waals surface area contributed by atoms with Gasteiger partial charge in [-0.15, -0.1) is 0 Å². The van der Waals surface area contributed by atoms with Gasteiger partial charge in [0.25, 0.3) is 5.69 Å². The summed E-state index contributed by atoms with van der Waals surface area (Å²) in [6, 6.07) is 6.66. The number of nitrogens with zero attached hydrogens (tertiary/aromatic N) is 2. The van der Waals surface area contributed by atoms with E-state index in [0.29, 0.717) is 12.3 Å². The van der Waals surface area contributed by atoms with Gasteiger partial charge in [-0.25, -0.2) is 4.79 Å². The minimum Gasteiger partial charge on any atom is -0.463 e. The molecule has 0 aromatic heterocycles. The Morgan fingerprint density at radius 2 is 2.29 bits per heavy atom. The standard InChI is InChI=1S/C15H18N2O4/c1-2-21-15(18)10-9-12-6-5-11-16(12)13-7-3-4-8-14(13)17(19)20/h3-4,7-10,12H,2,5-6,11H2,1H3/b10-9+/t12-/m0/s1. The normalized spacial score (nSPS) is 18.1. The fraction of sp³-hybridized carbons (Fsp3) is 0.400. The summed E-state index contributed by atoms with van der Waals surface area (Å²) < 4.78 is 4.85. The minimum absolute atomic E-state index is 0.0180. The van der Waals surface area contributed by atoms with Crippen LogP contribution in [0.1, 0.15) is 19.8 Å². The van der Waals surface area contributed by atoms with Gasteiger partial charge in [0.15, 0.2) is 0 Å². The number of ether oxygens (including phenoxy) is 1. The van der Waals surface area contributed by atoms with E-state index >= 15 is 0 Å². The van der Waals surface area contributed by atoms with Gasteiger partial charge in [0.2, 0.25) is 0 Å². The predicted octanol–water partition coefficient (Wildman–Crippen LogP) is 2.68. The molecule has 0 N–H and O–H groups in total. The third-order valence-corrected chi connectivity index (χ3v) is 3.43. The summed E-state index contributed by atoms with van der Waals surface area (Å²) in [5, 5.41) is 11.1. The molecule has 0 bridgehead atoms. The molecule has 0 amide bonds. The van der Waals surface area contributed by atoms with Crippen LogP contribution in [0.15, 0.2) is 36.4 Å². The molecule has 1 heterocycles. The molecule has 1 aliphatic rings. The van der Waals surface area contributed by atoms with Crippen LogP contribution < -0.4 is 4.90 Å². The molecule has 0 spiro atoms. The number of benzene rings is 1. The van der Waals surface area contributed by atoms with E-state index in [0.717, 1.165) is 19.4 Å². The van der Waals surface area contributed by atoms with E-state index in [1.165, 1.54) is 12.1 Å². The number of carbonyl (C=O) groups is 1. The Balaban J connectivity index is 2.19. The van der Waals surface area contributed by atoms with Gasteiger partial charge >= 0.3 is 5.97 Å². The Morgan fingerprint density at radius 1 is 1.52 bits per heavy atom. The van der Waals surface area contributed by atoms with Gasteiger partial charge in [0, 0.05) is 24.7 Å². The molecule has 0 saturated carbocycles. The molecule has 1 saturated heterocycles. The first-order valence-electron chi connectivity index (χ1n) is 6.98. The molecule has 2 rings (SSSR count). The first-order valence-corrected chi connectivity index (χ1v) is 6.98. The highest BCUT2D eigenvalue weighted by Gasteiger charge is 2.27. The molecule has 1 aromatic carbocycles. The van der Waals surface area contributed by atoms with Crippen LogP contribution in [-0.2, 0) is 9.53 Å². The molecule has 1 atom stereocenters. The summed E-state index contributed by atoms with van der Waals surface area (Å²) in [4.78, 5) is 24.1. The quantitative estimate of drug-likeness (QED) is 0.361. The topological polar surface area (TPSA) is 72.7 Å². The van der Waals surface area contributed by atoms with Crippen LogP contribution >= 0.6 is 0 Å². The minimum atomic E-state index is -0.382. The fourth-order valence-electron chi connectivity index (χ4n) is 2.53. The van der Waals surface area contributed by atoms with Crippen LogP contribution in [0.25, 0.3) is 0 Å². The zero-order valence-electron chi connectivity index (χ0n) is 11.9. The van der Waals surface area contributed by atoms with Crippen LogP contribution in [0.2, 0.25) is 0 Å². The largest absolute Gasteiger partial charge is 0.463 e. The van der Waals surface area contributed by atoms with Crippen LogP contribution in [0.4, 0.5) is 11.4 Å². The molecule has 112 valence electrons. The number of anilines is 1. The van der Waals surface area contributed by atoms with Gasteiger partial charge in [-0.1, -0.05) is 18.2 Å². The third-order valence-electron chi connectivity index (χ3n) is 3.43.